The Kier molecular flexibility index (Phi) is 7.15. The number of nitrogens with one attached hydrogen (secondary N) is 2. The van der Waals surface area contributed by atoms with E-state index in [2.05, 4.69) is 30.6 Å². The van der Waals surface area contributed by atoms with Crippen molar-refractivity contribution < 1.29 is 9.90 Å². The van der Waals surface area contributed by atoms with Crippen LogP contribution in [0.2, 0.25) is 0 Å². The quantitative estimate of drug-likeness (QED) is 0.379. The molecule has 1 aromatic carbocycles. The highest BCUT2D eigenvalue weighted by Gasteiger charge is 2.06. The van der Waals surface area contributed by atoms with E-state index >= 15 is 0 Å². The lowest BCUT2D eigenvalue weighted by atomic mass is 10.1. The average molecular weight is 393 g/mol. The highest BCUT2D eigenvalue weighted by atomic mass is 16.4. The van der Waals surface area contributed by atoms with Crippen molar-refractivity contribution in [2.24, 2.45) is 5.73 Å². The van der Waals surface area contributed by atoms with Crippen LogP contribution in [0.25, 0.3) is 11.4 Å². The van der Waals surface area contributed by atoms with E-state index in [4.69, 9.17) is 10.8 Å². The maximum absolute atomic E-state index is 10.5. The number of pyridine rings is 1. The van der Waals surface area contributed by atoms with Gasteiger partial charge in [-0.3, -0.25) is 9.78 Å². The van der Waals surface area contributed by atoms with Gasteiger partial charge in [-0.05, 0) is 42.8 Å². The maximum atomic E-state index is 10.5. The largest absolute Gasteiger partial charge is 0.481 e. The number of anilines is 2. The minimum Gasteiger partial charge on any atom is -0.481 e. The van der Waals surface area contributed by atoms with Crippen molar-refractivity contribution in [2.75, 3.05) is 18.4 Å². The van der Waals surface area contributed by atoms with Crippen molar-refractivity contribution in [1.29, 1.82) is 0 Å². The van der Waals surface area contributed by atoms with Gasteiger partial charge in [-0.1, -0.05) is 12.1 Å². The molecule has 0 bridgehead atoms. The van der Waals surface area contributed by atoms with Crippen LogP contribution >= 0.6 is 0 Å². The third-order valence-corrected chi connectivity index (χ3v) is 4.14. The fourth-order valence-corrected chi connectivity index (χ4v) is 2.71. The molecule has 0 aliphatic heterocycles. The van der Waals surface area contributed by atoms with Gasteiger partial charge in [-0.2, -0.15) is 4.98 Å². The van der Waals surface area contributed by atoms with Crippen molar-refractivity contribution in [1.82, 2.24) is 25.3 Å². The summed E-state index contributed by atoms with van der Waals surface area (Å²) in [5.41, 5.74) is 9.22. The predicted molar refractivity (Wildman–Crippen MR) is 110 cm³/mol. The smallest absolute Gasteiger partial charge is 0.304 e. The summed E-state index contributed by atoms with van der Waals surface area (Å²) in [6.45, 7) is 1.52. The van der Waals surface area contributed by atoms with E-state index in [1.165, 1.54) is 6.33 Å². The third-order valence-electron chi connectivity index (χ3n) is 4.14. The van der Waals surface area contributed by atoms with Gasteiger partial charge in [-0.15, -0.1) is 0 Å². The first-order chi connectivity index (χ1) is 14.1. The minimum absolute atomic E-state index is 0.119. The molecular weight excluding hydrogens is 370 g/mol. The summed E-state index contributed by atoms with van der Waals surface area (Å²) in [5.74, 6) is 0.183. The van der Waals surface area contributed by atoms with E-state index in [1.807, 2.05) is 36.4 Å². The predicted octanol–water partition coefficient (Wildman–Crippen LogP) is 1.74. The van der Waals surface area contributed by atoms with E-state index < -0.39 is 5.97 Å². The van der Waals surface area contributed by atoms with E-state index in [1.54, 1.807) is 6.20 Å². The lowest BCUT2D eigenvalue weighted by molar-refractivity contribution is -0.136. The zero-order valence-corrected chi connectivity index (χ0v) is 15.9. The molecule has 150 valence electrons. The van der Waals surface area contributed by atoms with Gasteiger partial charge in [-0.25, -0.2) is 9.97 Å². The highest BCUT2D eigenvalue weighted by Crippen LogP contribution is 2.18. The summed E-state index contributed by atoms with van der Waals surface area (Å²) in [7, 11) is 0. The van der Waals surface area contributed by atoms with Gasteiger partial charge in [0, 0.05) is 30.5 Å². The lowest BCUT2D eigenvalue weighted by Gasteiger charge is -2.09. The van der Waals surface area contributed by atoms with Gasteiger partial charge in [0.15, 0.2) is 5.82 Å². The van der Waals surface area contributed by atoms with Crippen LogP contribution in [-0.2, 0) is 17.8 Å². The number of benzene rings is 1. The molecule has 3 aromatic rings. The second-order valence-corrected chi connectivity index (χ2v) is 6.34. The molecule has 0 fully saturated rings. The van der Waals surface area contributed by atoms with Crippen LogP contribution < -0.4 is 16.4 Å². The molecule has 0 aliphatic carbocycles. The number of aliphatic carboxylic acids is 1. The number of carboxylic acids is 1. The Morgan fingerprint density at radius 1 is 1.10 bits per heavy atom. The second-order valence-electron chi connectivity index (χ2n) is 6.34. The molecule has 0 spiro atoms. The van der Waals surface area contributed by atoms with Gasteiger partial charge in [0.05, 0.1) is 12.1 Å². The molecule has 0 saturated heterocycles. The fraction of sp³-hybridized carbons (Fsp3) is 0.250. The van der Waals surface area contributed by atoms with Gasteiger partial charge in [0.2, 0.25) is 5.95 Å². The molecule has 0 unspecified atom stereocenters. The molecule has 0 saturated carbocycles. The number of hydrogen-bond donors (Lipinski definition) is 4. The Morgan fingerprint density at radius 2 is 2.00 bits per heavy atom. The molecule has 0 aliphatic rings. The molecule has 9 nitrogen and oxygen atoms in total. The molecule has 5 N–H and O–H groups in total. The van der Waals surface area contributed by atoms with Crippen molar-refractivity contribution in [3.05, 3.63) is 60.2 Å². The first-order valence-corrected chi connectivity index (χ1v) is 9.27. The highest BCUT2D eigenvalue weighted by molar-refractivity contribution is 5.66. The summed E-state index contributed by atoms with van der Waals surface area (Å²) in [5, 5.41) is 15.0. The van der Waals surface area contributed by atoms with E-state index in [0.717, 1.165) is 28.9 Å². The van der Waals surface area contributed by atoms with Gasteiger partial charge in [0.1, 0.15) is 6.33 Å². The van der Waals surface area contributed by atoms with Crippen molar-refractivity contribution >= 4 is 17.6 Å². The zero-order chi connectivity index (χ0) is 20.5. The van der Waals surface area contributed by atoms with Crippen molar-refractivity contribution in [3.8, 4) is 11.4 Å². The number of hydrogen-bond acceptors (Lipinski definition) is 8. The Balaban J connectivity index is 1.63. The first-order valence-electron chi connectivity index (χ1n) is 9.27. The zero-order valence-electron chi connectivity index (χ0n) is 15.9. The Morgan fingerprint density at radius 3 is 2.83 bits per heavy atom. The average Bonchev–Trinajstić information content (AvgIpc) is 2.74. The van der Waals surface area contributed by atoms with E-state index in [-0.39, 0.29) is 6.42 Å². The summed E-state index contributed by atoms with van der Waals surface area (Å²) in [6.07, 6.45) is 4.05. The molecular formula is C20H23N7O2. The van der Waals surface area contributed by atoms with Crippen LogP contribution in [-0.4, -0.2) is 44.1 Å². The van der Waals surface area contributed by atoms with E-state index in [9.17, 15) is 4.79 Å². The first kappa shape index (κ1) is 20.3. The number of carbonyl (C=O) groups is 1. The normalized spacial score (nSPS) is 10.7. The molecule has 29 heavy (non-hydrogen) atoms. The standard InChI is InChI=1S/C20H23N7O2/c21-12-17-11-15(5-9-23-17)19-24-13-25-20(27-19)26-16-3-1-2-14(10-16)4-7-22-8-6-18(28)29/h1-3,5,9-11,13,22H,4,6-8,12,21H2,(H,28,29)(H,24,25,26,27). The number of carboxylic acid groups (broad SMARTS) is 1. The van der Waals surface area contributed by atoms with Crippen LogP contribution in [0.4, 0.5) is 11.6 Å². The molecule has 2 heterocycles. The number of aromatic nitrogens is 4. The molecule has 2 aromatic heterocycles. The molecule has 0 radical (unpaired) electrons. The maximum Gasteiger partial charge on any atom is 0.304 e. The van der Waals surface area contributed by atoms with Crippen LogP contribution in [0, 0.1) is 0 Å². The Labute approximate surface area is 168 Å². The molecule has 0 amide bonds. The molecule has 0 atom stereocenters. The van der Waals surface area contributed by atoms with Crippen molar-refractivity contribution in [2.45, 2.75) is 19.4 Å². The third kappa shape index (κ3) is 6.30. The fourth-order valence-electron chi connectivity index (χ4n) is 2.71. The number of nitrogens with two attached hydrogens (primary N) is 1. The van der Waals surface area contributed by atoms with Crippen LogP contribution in [0.5, 0.6) is 0 Å². The van der Waals surface area contributed by atoms with Crippen LogP contribution in [0.1, 0.15) is 17.7 Å². The number of nitrogens with zero attached hydrogens (tertiary/aromatic N) is 4. The lowest BCUT2D eigenvalue weighted by Crippen LogP contribution is -2.20. The van der Waals surface area contributed by atoms with Crippen LogP contribution in [0.15, 0.2) is 48.9 Å². The topological polar surface area (TPSA) is 139 Å². The summed E-state index contributed by atoms with van der Waals surface area (Å²) in [4.78, 5) is 27.6. The monoisotopic (exact) mass is 393 g/mol. The Hall–Kier alpha value is -3.43. The number of rotatable bonds is 10. The van der Waals surface area contributed by atoms with Gasteiger partial charge >= 0.3 is 5.97 Å². The van der Waals surface area contributed by atoms with E-state index in [0.29, 0.717) is 31.4 Å². The minimum atomic E-state index is -0.800. The van der Waals surface area contributed by atoms with Crippen LogP contribution in [0.3, 0.4) is 0 Å². The molecule has 3 rings (SSSR count). The van der Waals surface area contributed by atoms with Gasteiger partial charge < -0.3 is 21.5 Å². The van der Waals surface area contributed by atoms with Gasteiger partial charge in [0.25, 0.3) is 0 Å². The molecule has 9 heteroatoms. The summed E-state index contributed by atoms with van der Waals surface area (Å²) < 4.78 is 0. The summed E-state index contributed by atoms with van der Waals surface area (Å²) >= 11 is 0. The second kappa shape index (κ2) is 10.2. The Bertz CT molecular complexity index is 965. The summed E-state index contributed by atoms with van der Waals surface area (Å²) in [6, 6.07) is 11.6. The van der Waals surface area contributed by atoms with Crippen molar-refractivity contribution in [3.63, 3.8) is 0 Å². The SMILES string of the molecule is NCc1cc(-c2ncnc(Nc3cccc(CCNCCC(=O)O)c3)n2)ccn1.